The van der Waals surface area contributed by atoms with Crippen LogP contribution in [0.15, 0.2) is 54.1 Å². The van der Waals surface area contributed by atoms with E-state index in [2.05, 4.69) is 24.1 Å². The molecule has 0 aliphatic rings. The molecule has 2 aromatic carbocycles. The number of nitrogens with zero attached hydrogens (tertiary/aromatic N) is 3. The predicted octanol–water partition coefficient (Wildman–Crippen LogP) is 3.99. The number of benzene rings is 2. The minimum absolute atomic E-state index is 0.0519. The van der Waals surface area contributed by atoms with E-state index in [-0.39, 0.29) is 11.3 Å². The minimum atomic E-state index is -0.570. The van der Waals surface area contributed by atoms with Gasteiger partial charge in [0.15, 0.2) is 0 Å². The summed E-state index contributed by atoms with van der Waals surface area (Å²) in [6, 6.07) is 14.9. The van der Waals surface area contributed by atoms with Crippen molar-refractivity contribution in [3.05, 3.63) is 69.8 Å². The first-order valence-corrected chi connectivity index (χ1v) is 8.51. The second kappa shape index (κ2) is 9.15. The Labute approximate surface area is 157 Å². The van der Waals surface area contributed by atoms with Crippen molar-refractivity contribution >= 4 is 29.0 Å². The van der Waals surface area contributed by atoms with E-state index in [0.717, 1.165) is 24.3 Å². The molecule has 0 unspecified atom stereocenters. The molecule has 2 rings (SSSR count). The van der Waals surface area contributed by atoms with Crippen LogP contribution in [0.3, 0.4) is 0 Å². The van der Waals surface area contributed by atoms with Crippen LogP contribution in [0.1, 0.15) is 19.4 Å². The zero-order valence-corrected chi connectivity index (χ0v) is 15.2. The first-order valence-electron chi connectivity index (χ1n) is 8.51. The van der Waals surface area contributed by atoms with Crippen molar-refractivity contribution in [2.24, 2.45) is 0 Å². The first-order chi connectivity index (χ1) is 13.0. The number of rotatable bonds is 7. The van der Waals surface area contributed by atoms with Gasteiger partial charge in [-0.05, 0) is 49.8 Å². The molecule has 0 radical (unpaired) electrons. The van der Waals surface area contributed by atoms with Crippen LogP contribution in [0.4, 0.5) is 17.1 Å². The van der Waals surface area contributed by atoms with Gasteiger partial charge in [0, 0.05) is 36.6 Å². The summed E-state index contributed by atoms with van der Waals surface area (Å²) >= 11 is 0. The van der Waals surface area contributed by atoms with Crippen LogP contribution >= 0.6 is 0 Å². The van der Waals surface area contributed by atoms with Crippen LogP contribution in [0.25, 0.3) is 6.08 Å². The van der Waals surface area contributed by atoms with E-state index < -0.39 is 10.8 Å². The van der Waals surface area contributed by atoms with Gasteiger partial charge < -0.3 is 10.2 Å². The number of hydrogen-bond acceptors (Lipinski definition) is 5. The number of nitro groups is 1. The standard InChI is InChI=1S/C20H20N4O3/c1-3-23(4-2)18-9-5-15(6-10-18)13-16(14-21)20(25)22-17-7-11-19(12-8-17)24(26)27/h5-13H,3-4H2,1-2H3,(H,22,25). The van der Waals surface area contributed by atoms with Crippen molar-refractivity contribution in [2.45, 2.75) is 13.8 Å². The number of nitro benzene ring substituents is 1. The summed E-state index contributed by atoms with van der Waals surface area (Å²) in [5, 5.41) is 22.5. The Morgan fingerprint density at radius 1 is 1.15 bits per heavy atom. The first kappa shape index (κ1) is 19.7. The fourth-order valence-corrected chi connectivity index (χ4v) is 2.55. The van der Waals surface area contributed by atoms with Gasteiger partial charge in [0.1, 0.15) is 11.6 Å². The molecule has 0 aliphatic heterocycles. The summed E-state index contributed by atoms with van der Waals surface area (Å²) in [7, 11) is 0. The Morgan fingerprint density at radius 3 is 2.22 bits per heavy atom. The van der Waals surface area contributed by atoms with Crippen molar-refractivity contribution < 1.29 is 9.72 Å². The number of nitrogens with one attached hydrogen (secondary N) is 1. The van der Waals surface area contributed by atoms with Gasteiger partial charge in [-0.3, -0.25) is 14.9 Å². The van der Waals surface area contributed by atoms with Gasteiger partial charge in [-0.1, -0.05) is 12.1 Å². The number of non-ortho nitro benzene ring substituents is 1. The highest BCUT2D eigenvalue weighted by molar-refractivity contribution is 6.09. The molecule has 0 atom stereocenters. The Bertz CT molecular complexity index is 877. The number of amides is 1. The third kappa shape index (κ3) is 5.16. The smallest absolute Gasteiger partial charge is 0.269 e. The molecule has 0 saturated carbocycles. The second-order valence-corrected chi connectivity index (χ2v) is 5.69. The zero-order valence-electron chi connectivity index (χ0n) is 15.2. The lowest BCUT2D eigenvalue weighted by atomic mass is 10.1. The third-order valence-electron chi connectivity index (χ3n) is 4.03. The van der Waals surface area contributed by atoms with Crippen LogP contribution < -0.4 is 10.2 Å². The van der Waals surface area contributed by atoms with Crippen LogP contribution in [-0.2, 0) is 4.79 Å². The molecule has 0 saturated heterocycles. The van der Waals surface area contributed by atoms with E-state index in [0.29, 0.717) is 5.69 Å². The molecule has 0 spiro atoms. The van der Waals surface area contributed by atoms with E-state index in [4.69, 9.17) is 0 Å². The number of hydrogen-bond donors (Lipinski definition) is 1. The van der Waals surface area contributed by atoms with E-state index in [1.54, 1.807) is 0 Å². The lowest BCUT2D eigenvalue weighted by Crippen LogP contribution is -2.21. The fourth-order valence-electron chi connectivity index (χ4n) is 2.55. The molecule has 0 heterocycles. The van der Waals surface area contributed by atoms with Crippen molar-refractivity contribution in [3.63, 3.8) is 0 Å². The topological polar surface area (TPSA) is 99.3 Å². The molecule has 0 fully saturated rings. The van der Waals surface area contributed by atoms with Gasteiger partial charge in [-0.25, -0.2) is 0 Å². The lowest BCUT2D eigenvalue weighted by molar-refractivity contribution is -0.384. The molecule has 1 N–H and O–H groups in total. The van der Waals surface area contributed by atoms with Gasteiger partial charge >= 0.3 is 0 Å². The van der Waals surface area contributed by atoms with Gasteiger partial charge in [-0.2, -0.15) is 5.26 Å². The second-order valence-electron chi connectivity index (χ2n) is 5.69. The molecule has 7 nitrogen and oxygen atoms in total. The molecule has 0 aliphatic carbocycles. The molecular weight excluding hydrogens is 344 g/mol. The fraction of sp³-hybridized carbons (Fsp3) is 0.200. The zero-order chi connectivity index (χ0) is 19.8. The van der Waals surface area contributed by atoms with Crippen LogP contribution in [0.2, 0.25) is 0 Å². The summed E-state index contributed by atoms with van der Waals surface area (Å²) in [5.74, 6) is -0.570. The number of anilines is 2. The van der Waals surface area contributed by atoms with Gasteiger partial charge in [-0.15, -0.1) is 0 Å². The Hall–Kier alpha value is -3.66. The maximum atomic E-state index is 12.3. The van der Waals surface area contributed by atoms with Gasteiger partial charge in [0.2, 0.25) is 0 Å². The SMILES string of the molecule is CCN(CC)c1ccc(C=C(C#N)C(=O)Nc2ccc([N+](=O)[O-])cc2)cc1. The number of carbonyl (C=O) groups excluding carboxylic acids is 1. The predicted molar refractivity (Wildman–Crippen MR) is 105 cm³/mol. The van der Waals surface area contributed by atoms with Crippen molar-refractivity contribution in [2.75, 3.05) is 23.3 Å². The number of carbonyl (C=O) groups is 1. The summed E-state index contributed by atoms with van der Waals surface area (Å²) < 4.78 is 0. The van der Waals surface area contributed by atoms with Crippen LogP contribution in [0.5, 0.6) is 0 Å². The summed E-state index contributed by atoms with van der Waals surface area (Å²) in [6.45, 7) is 5.95. The third-order valence-corrected chi connectivity index (χ3v) is 4.03. The van der Waals surface area contributed by atoms with E-state index in [9.17, 15) is 20.2 Å². The molecule has 7 heteroatoms. The molecule has 27 heavy (non-hydrogen) atoms. The van der Waals surface area contributed by atoms with E-state index in [1.807, 2.05) is 30.3 Å². The van der Waals surface area contributed by atoms with Crippen molar-refractivity contribution in [1.29, 1.82) is 5.26 Å². The van der Waals surface area contributed by atoms with E-state index >= 15 is 0 Å². The Kier molecular flexibility index (Phi) is 6.67. The summed E-state index contributed by atoms with van der Waals surface area (Å²) in [6.07, 6.45) is 1.51. The Morgan fingerprint density at radius 2 is 1.74 bits per heavy atom. The maximum absolute atomic E-state index is 12.3. The highest BCUT2D eigenvalue weighted by Gasteiger charge is 2.11. The summed E-state index contributed by atoms with van der Waals surface area (Å²) in [5.41, 5.74) is 2.07. The number of nitriles is 1. The lowest BCUT2D eigenvalue weighted by Gasteiger charge is -2.20. The Balaban J connectivity index is 2.14. The van der Waals surface area contributed by atoms with Crippen molar-refractivity contribution in [3.8, 4) is 6.07 Å². The molecule has 1 amide bonds. The monoisotopic (exact) mass is 364 g/mol. The van der Waals surface area contributed by atoms with Gasteiger partial charge in [0.25, 0.3) is 11.6 Å². The average Bonchev–Trinajstić information content (AvgIpc) is 2.68. The highest BCUT2D eigenvalue weighted by atomic mass is 16.6. The highest BCUT2D eigenvalue weighted by Crippen LogP contribution is 2.18. The van der Waals surface area contributed by atoms with Crippen LogP contribution in [0, 0.1) is 21.4 Å². The van der Waals surface area contributed by atoms with Gasteiger partial charge in [0.05, 0.1) is 4.92 Å². The summed E-state index contributed by atoms with van der Waals surface area (Å²) in [4.78, 5) is 24.6. The molecule has 138 valence electrons. The quantitative estimate of drug-likeness (QED) is 0.347. The van der Waals surface area contributed by atoms with Crippen molar-refractivity contribution in [1.82, 2.24) is 0 Å². The average molecular weight is 364 g/mol. The molecular formula is C20H20N4O3. The molecule has 0 bridgehead atoms. The molecule has 2 aromatic rings. The normalized spacial score (nSPS) is 10.8. The minimum Gasteiger partial charge on any atom is -0.372 e. The maximum Gasteiger partial charge on any atom is 0.269 e. The van der Waals surface area contributed by atoms with E-state index in [1.165, 1.54) is 30.3 Å². The molecule has 0 aromatic heterocycles. The van der Waals surface area contributed by atoms with Crippen LogP contribution in [-0.4, -0.2) is 23.9 Å². The largest absolute Gasteiger partial charge is 0.372 e.